The zero-order valence-electron chi connectivity index (χ0n) is 40.7. The number of rotatable bonds is 20. The highest BCUT2D eigenvalue weighted by Gasteiger charge is 2.51. The summed E-state index contributed by atoms with van der Waals surface area (Å²) in [5, 5.41) is 14.8. The van der Waals surface area contributed by atoms with E-state index in [0.717, 1.165) is 38.9 Å². The summed E-state index contributed by atoms with van der Waals surface area (Å²) in [7, 11) is 0. The first kappa shape index (κ1) is 54.3. The van der Waals surface area contributed by atoms with Crippen LogP contribution in [-0.2, 0) is 41.4 Å². The topological polar surface area (TPSA) is 179 Å². The maximum Gasteiger partial charge on any atom is 0.419 e. The number of halogens is 4. The van der Waals surface area contributed by atoms with Crippen molar-refractivity contribution in [1.29, 1.82) is 5.26 Å². The summed E-state index contributed by atoms with van der Waals surface area (Å²) in [4.78, 5) is 66.9. The Morgan fingerprint density at radius 2 is 1.68 bits per heavy atom. The molecule has 71 heavy (non-hydrogen) atoms. The minimum atomic E-state index is -4.91. The molecular formula is C50H58F4N8O7S2. The SMILES string of the molecule is Cc1ncsc1-c1ccc(CNC(=O)[C@@H]2C[C@@H](C)CN2C(=O)[C@@H](NC(=O)COCCCOCCCCOc2ccc(N3C(=S)N(c4cnc(C#N)c(C(F)(F)F)c4)C(=O)C3(C)C)cc2F)C(C)(C)C)cc1. The smallest absolute Gasteiger partial charge is 0.419 e. The van der Waals surface area contributed by atoms with Gasteiger partial charge in [0.05, 0.1) is 40.1 Å². The number of nitrogens with zero attached hydrogens (tertiary/aromatic N) is 6. The van der Waals surface area contributed by atoms with E-state index >= 15 is 4.39 Å². The van der Waals surface area contributed by atoms with Crippen LogP contribution in [-0.4, -0.2) is 101 Å². The molecule has 2 saturated heterocycles. The predicted octanol–water partition coefficient (Wildman–Crippen LogP) is 8.13. The van der Waals surface area contributed by atoms with Gasteiger partial charge in [-0.2, -0.15) is 18.4 Å². The number of likely N-dealkylation sites (tertiary alicyclic amines) is 1. The number of carbonyl (C=O) groups is 4. The number of carbonyl (C=O) groups excluding carboxylic acids is 4. The summed E-state index contributed by atoms with van der Waals surface area (Å²) in [5.74, 6) is -2.41. The van der Waals surface area contributed by atoms with Crippen molar-refractivity contribution in [3.8, 4) is 22.3 Å². The molecule has 15 nitrogen and oxygen atoms in total. The molecule has 2 aliphatic heterocycles. The lowest BCUT2D eigenvalue weighted by Gasteiger charge is -2.35. The van der Waals surface area contributed by atoms with Gasteiger partial charge in [-0.25, -0.2) is 14.4 Å². The van der Waals surface area contributed by atoms with Crippen molar-refractivity contribution in [2.75, 3.05) is 49.4 Å². The van der Waals surface area contributed by atoms with Gasteiger partial charge in [-0.1, -0.05) is 52.0 Å². The quantitative estimate of drug-likeness (QED) is 0.0494. The molecule has 380 valence electrons. The van der Waals surface area contributed by atoms with Crippen LogP contribution in [0.3, 0.4) is 0 Å². The van der Waals surface area contributed by atoms with Gasteiger partial charge < -0.3 is 34.6 Å². The Balaban J connectivity index is 0.879. The summed E-state index contributed by atoms with van der Waals surface area (Å²) in [6, 6.07) is 12.4. The van der Waals surface area contributed by atoms with Crippen LogP contribution in [0.4, 0.5) is 28.9 Å². The van der Waals surface area contributed by atoms with Crippen molar-refractivity contribution >= 4 is 63.7 Å². The van der Waals surface area contributed by atoms with Crippen molar-refractivity contribution in [2.24, 2.45) is 11.3 Å². The molecule has 2 aromatic carbocycles. The molecule has 3 atom stereocenters. The van der Waals surface area contributed by atoms with Crippen LogP contribution in [0.2, 0.25) is 0 Å². The van der Waals surface area contributed by atoms with Gasteiger partial charge in [0, 0.05) is 44.7 Å². The van der Waals surface area contributed by atoms with Gasteiger partial charge in [0.2, 0.25) is 17.7 Å². The third kappa shape index (κ3) is 13.1. The molecule has 4 aromatic rings. The average Bonchev–Trinajstić information content (AvgIpc) is 3.98. The zero-order valence-corrected chi connectivity index (χ0v) is 42.3. The molecule has 2 aromatic heterocycles. The van der Waals surface area contributed by atoms with Gasteiger partial charge in [0.1, 0.15) is 30.3 Å². The Morgan fingerprint density at radius 3 is 2.32 bits per heavy atom. The molecule has 0 unspecified atom stereocenters. The number of aromatic nitrogens is 2. The summed E-state index contributed by atoms with van der Waals surface area (Å²) < 4.78 is 73.3. The fourth-order valence-corrected chi connectivity index (χ4v) is 9.65. The Bertz CT molecular complexity index is 2630. The van der Waals surface area contributed by atoms with Crippen LogP contribution >= 0.6 is 23.6 Å². The molecule has 4 heterocycles. The van der Waals surface area contributed by atoms with Gasteiger partial charge in [-0.15, -0.1) is 11.3 Å². The predicted molar refractivity (Wildman–Crippen MR) is 263 cm³/mol. The standard InChI is InChI=1S/C50H58F4N8O7S2/c1-30-21-39(44(64)57-25-32-11-13-33(14-12-32)42-31(2)58-29-71-42)60(27-30)45(65)43(48(3,4)5)59-41(63)28-68-19-10-18-67-17-8-9-20-69-40-16-15-34(23-37(40)51)62-47(70)61(46(66)49(62,6)7)35-22-36(50(52,53)54)38(24-55)56-26-35/h11-16,22-23,26,29-30,39,43H,8-10,17-21,25,27-28H2,1-7H3,(H,57,64)(H,59,63)/t30-,39+,43-/m1/s1. The van der Waals surface area contributed by atoms with Crippen LogP contribution in [0.1, 0.15) is 89.7 Å². The molecule has 4 amide bonds. The summed E-state index contributed by atoms with van der Waals surface area (Å²) in [6.07, 6.45) is -1.82. The lowest BCUT2D eigenvalue weighted by molar-refractivity contribution is -0.144. The van der Waals surface area contributed by atoms with Crippen molar-refractivity contribution in [3.63, 3.8) is 0 Å². The highest BCUT2D eigenvalue weighted by Crippen LogP contribution is 2.40. The second kappa shape index (κ2) is 23.0. The Hall–Kier alpha value is -6.08. The van der Waals surface area contributed by atoms with Gasteiger partial charge in [-0.3, -0.25) is 24.1 Å². The largest absolute Gasteiger partial charge is 0.491 e. The van der Waals surface area contributed by atoms with Crippen molar-refractivity contribution < 1.29 is 51.0 Å². The monoisotopic (exact) mass is 1020 g/mol. The lowest BCUT2D eigenvalue weighted by Crippen LogP contribution is -2.58. The van der Waals surface area contributed by atoms with Gasteiger partial charge in [-0.05, 0) is 99.3 Å². The molecule has 0 bridgehead atoms. The van der Waals surface area contributed by atoms with Crippen molar-refractivity contribution in [3.05, 3.63) is 88.6 Å². The van der Waals surface area contributed by atoms with E-state index in [1.54, 1.807) is 16.2 Å². The van der Waals surface area contributed by atoms with Gasteiger partial charge in [0.25, 0.3) is 5.91 Å². The number of unbranched alkanes of at least 4 members (excludes halogenated alkanes) is 1. The minimum Gasteiger partial charge on any atom is -0.491 e. The second-order valence-electron chi connectivity index (χ2n) is 19.1. The van der Waals surface area contributed by atoms with Crippen LogP contribution in [0.25, 0.3) is 10.4 Å². The number of nitrogens with one attached hydrogen (secondary N) is 2. The second-order valence-corrected chi connectivity index (χ2v) is 20.3. The van der Waals surface area contributed by atoms with E-state index < -0.39 is 58.1 Å². The van der Waals surface area contributed by atoms with E-state index in [9.17, 15) is 32.3 Å². The average molecular weight is 1020 g/mol. The van der Waals surface area contributed by atoms with E-state index in [2.05, 4.69) is 20.6 Å². The normalized spacial score (nSPS) is 17.4. The fourth-order valence-electron chi connectivity index (χ4n) is 8.32. The first-order valence-electron chi connectivity index (χ1n) is 23.1. The number of anilines is 2. The maximum atomic E-state index is 15.3. The van der Waals surface area contributed by atoms with Crippen molar-refractivity contribution in [1.82, 2.24) is 25.5 Å². The van der Waals surface area contributed by atoms with E-state index in [0.29, 0.717) is 58.1 Å². The van der Waals surface area contributed by atoms with E-state index in [-0.39, 0.29) is 59.8 Å². The number of hydrogen-bond donors (Lipinski definition) is 2. The van der Waals surface area contributed by atoms with Crippen molar-refractivity contribution in [2.45, 2.75) is 104 Å². The lowest BCUT2D eigenvalue weighted by atomic mass is 9.85. The van der Waals surface area contributed by atoms with E-state index in [4.69, 9.17) is 31.7 Å². The van der Waals surface area contributed by atoms with Crippen LogP contribution in [0.15, 0.2) is 60.2 Å². The number of pyridine rings is 1. The van der Waals surface area contributed by atoms with Crippen LogP contribution in [0.5, 0.6) is 5.75 Å². The van der Waals surface area contributed by atoms with Gasteiger partial charge in [0.15, 0.2) is 22.4 Å². The molecule has 2 aliphatic rings. The summed E-state index contributed by atoms with van der Waals surface area (Å²) >= 11 is 7.09. The molecule has 21 heteroatoms. The number of benzene rings is 2. The molecule has 0 spiro atoms. The number of hydrogen-bond acceptors (Lipinski definition) is 12. The number of thiocarbonyl (C=S) groups is 1. The van der Waals surface area contributed by atoms with E-state index in [1.165, 1.54) is 36.9 Å². The van der Waals surface area contributed by atoms with Crippen LogP contribution < -0.4 is 25.2 Å². The summed E-state index contributed by atoms with van der Waals surface area (Å²) in [5.41, 5.74) is 0.395. The molecule has 0 aliphatic carbocycles. The molecule has 2 fully saturated rings. The molecule has 0 radical (unpaired) electrons. The fraction of sp³-hybridized carbons (Fsp3) is 0.480. The number of amides is 4. The molecule has 0 saturated carbocycles. The molecule has 6 rings (SSSR count). The molecule has 2 N–H and O–H groups in total. The number of thiazole rings is 1. The highest BCUT2D eigenvalue weighted by atomic mass is 32.1. The first-order valence-corrected chi connectivity index (χ1v) is 24.4. The maximum absolute atomic E-state index is 15.3. The zero-order chi connectivity index (χ0) is 51.8. The first-order chi connectivity index (χ1) is 33.5. The van der Waals surface area contributed by atoms with Crippen LogP contribution in [0, 0.1) is 35.4 Å². The Kier molecular flexibility index (Phi) is 17.6. The highest BCUT2D eigenvalue weighted by molar-refractivity contribution is 7.81. The molecular weight excluding hydrogens is 965 g/mol. The number of ether oxygens (including phenoxy) is 3. The third-order valence-corrected chi connectivity index (χ3v) is 13.4. The minimum absolute atomic E-state index is 0.0550. The van der Waals surface area contributed by atoms with E-state index in [1.807, 2.05) is 64.4 Å². The summed E-state index contributed by atoms with van der Waals surface area (Å²) in [6.45, 7) is 14.1. The Labute approximate surface area is 419 Å². The van der Waals surface area contributed by atoms with Gasteiger partial charge >= 0.3 is 6.18 Å². The third-order valence-electron chi connectivity index (χ3n) is 12.1. The number of alkyl halides is 3. The number of aryl methyl sites for hydroxylation is 1. The Morgan fingerprint density at radius 1 is 0.986 bits per heavy atom. The number of nitriles is 1.